The fourth-order valence-electron chi connectivity index (χ4n) is 5.08. The first-order chi connectivity index (χ1) is 19.1. The van der Waals surface area contributed by atoms with Crippen molar-refractivity contribution in [2.45, 2.75) is 87.5 Å². The van der Waals surface area contributed by atoms with Gasteiger partial charge in [0.05, 0.1) is 21.7 Å². The van der Waals surface area contributed by atoms with Crippen LogP contribution in [0.2, 0.25) is 0 Å². The molecule has 5 nitrogen and oxygen atoms in total. The zero-order valence-electron chi connectivity index (χ0n) is 25.7. The molecule has 0 spiro atoms. The minimum atomic E-state index is 0. The van der Waals surface area contributed by atoms with Crippen LogP contribution < -0.4 is 0 Å². The third kappa shape index (κ3) is 8.76. The Hall–Kier alpha value is -2.47. The number of aliphatic hydroxyl groups excluding tert-OH is 1. The molecule has 223 valence electrons. The summed E-state index contributed by atoms with van der Waals surface area (Å²) in [6.45, 7) is 16.7. The molecule has 0 bridgehead atoms. The number of aryl methyl sites for hydroxylation is 2. The number of ketones is 1. The van der Waals surface area contributed by atoms with Crippen molar-refractivity contribution in [2.24, 2.45) is 17.8 Å². The standard InChI is InChI=1S/C21H20N3S.C13H24O2.Ir/c1-12(2)7-17-20-16(5-6-22-17)19-21(25-20)18(23-11-24-19)15-9-13(3)8-14(4)10-15;1-5-10(6-2)12(14)9-13(15)11(7-3)8-4;/h5-6,8-9,11-12H,7H2,1-4H3;9-11,14H,5-8H2,1-4H3;/q-1;;/b;12-9-;. The molecule has 4 aromatic rings. The van der Waals surface area contributed by atoms with Crippen LogP contribution in [-0.4, -0.2) is 25.8 Å². The molecular weight excluding hydrogens is 707 g/mol. The number of benzene rings is 1. The Bertz CT molecular complexity index is 1450. The molecule has 0 atom stereocenters. The Kier molecular flexibility index (Phi) is 13.8. The zero-order chi connectivity index (χ0) is 29.4. The van der Waals surface area contributed by atoms with Gasteiger partial charge in [-0.15, -0.1) is 46.2 Å². The van der Waals surface area contributed by atoms with Gasteiger partial charge in [0, 0.05) is 60.0 Å². The Morgan fingerprint density at radius 3 is 2.22 bits per heavy atom. The van der Waals surface area contributed by atoms with E-state index < -0.39 is 0 Å². The first kappa shape index (κ1) is 34.7. The van der Waals surface area contributed by atoms with Gasteiger partial charge in [0.15, 0.2) is 5.78 Å². The van der Waals surface area contributed by atoms with Gasteiger partial charge in [0.2, 0.25) is 0 Å². The van der Waals surface area contributed by atoms with E-state index in [1.54, 1.807) is 17.7 Å². The quantitative estimate of drug-likeness (QED) is 0.0994. The first-order valence-electron chi connectivity index (χ1n) is 14.6. The molecule has 0 aliphatic carbocycles. The van der Waals surface area contributed by atoms with E-state index in [2.05, 4.69) is 66.9 Å². The van der Waals surface area contributed by atoms with Gasteiger partial charge < -0.3 is 5.11 Å². The Morgan fingerprint density at radius 1 is 0.976 bits per heavy atom. The molecule has 0 aliphatic heterocycles. The summed E-state index contributed by atoms with van der Waals surface area (Å²) in [6, 6.07) is 9.80. The van der Waals surface area contributed by atoms with Crippen LogP contribution in [0.15, 0.2) is 42.6 Å². The van der Waals surface area contributed by atoms with Crippen molar-refractivity contribution in [3.8, 4) is 11.3 Å². The van der Waals surface area contributed by atoms with E-state index in [0.29, 0.717) is 5.92 Å². The maximum absolute atomic E-state index is 11.7. The molecule has 0 saturated carbocycles. The molecule has 41 heavy (non-hydrogen) atoms. The molecule has 1 radical (unpaired) electrons. The number of allylic oxidation sites excluding steroid dienone is 2. The number of hydrogen-bond donors (Lipinski definition) is 1. The number of carbonyl (C=O) groups excluding carboxylic acids is 1. The molecule has 7 heteroatoms. The Morgan fingerprint density at radius 2 is 1.63 bits per heavy atom. The first-order valence-corrected chi connectivity index (χ1v) is 15.4. The summed E-state index contributed by atoms with van der Waals surface area (Å²) in [5, 5.41) is 10.9. The fourth-order valence-corrected chi connectivity index (χ4v) is 6.33. The van der Waals surface area contributed by atoms with Crippen LogP contribution in [0.5, 0.6) is 0 Å². The van der Waals surface area contributed by atoms with Crippen molar-refractivity contribution >= 4 is 37.4 Å². The van der Waals surface area contributed by atoms with Gasteiger partial charge in [-0.05, 0) is 44.1 Å². The number of carbonyl (C=O) groups is 1. The SMILES string of the molecule is CCC(CC)C(=O)/C=C(\O)C(CC)CC.Cc1[c-]c(-c2ncnc3c2sc2c(CC(C)C)nccc23)cc(C)c1.[Ir]. The van der Waals surface area contributed by atoms with Crippen molar-refractivity contribution in [2.75, 3.05) is 0 Å². The Balaban J connectivity index is 0.000000320. The van der Waals surface area contributed by atoms with Crippen molar-refractivity contribution < 1.29 is 30.0 Å². The number of pyridine rings is 1. The third-order valence-corrected chi connectivity index (χ3v) is 8.58. The van der Waals surface area contributed by atoms with Gasteiger partial charge >= 0.3 is 0 Å². The predicted octanol–water partition coefficient (Wildman–Crippen LogP) is 9.39. The molecule has 3 aromatic heterocycles. The van der Waals surface area contributed by atoms with Crippen LogP contribution in [0.1, 0.15) is 84.0 Å². The van der Waals surface area contributed by atoms with Gasteiger partial charge in [0.1, 0.15) is 6.33 Å². The molecule has 0 saturated heterocycles. The molecule has 4 rings (SSSR count). The van der Waals surface area contributed by atoms with Crippen LogP contribution in [0.3, 0.4) is 0 Å². The summed E-state index contributed by atoms with van der Waals surface area (Å²) in [6.07, 6.45) is 9.45. The summed E-state index contributed by atoms with van der Waals surface area (Å²) < 4.78 is 2.36. The second-order valence-corrected chi connectivity index (χ2v) is 12.0. The molecule has 0 amide bonds. The van der Waals surface area contributed by atoms with Crippen molar-refractivity contribution in [3.05, 3.63) is 65.4 Å². The van der Waals surface area contributed by atoms with Crippen molar-refractivity contribution in [3.63, 3.8) is 0 Å². The number of fused-ring (bicyclic) bond motifs is 3. The van der Waals surface area contributed by atoms with Gasteiger partial charge in [-0.2, -0.15) is 0 Å². The maximum atomic E-state index is 11.7. The summed E-state index contributed by atoms with van der Waals surface area (Å²) in [5.74, 6) is 1.12. The minimum Gasteiger partial charge on any atom is -0.512 e. The average molecular weight is 751 g/mol. The normalized spacial score (nSPS) is 11.7. The summed E-state index contributed by atoms with van der Waals surface area (Å²) in [5.41, 5.74) is 6.53. The zero-order valence-corrected chi connectivity index (χ0v) is 28.9. The summed E-state index contributed by atoms with van der Waals surface area (Å²) in [7, 11) is 0. The second kappa shape index (κ2) is 16.2. The molecule has 0 fully saturated rings. The summed E-state index contributed by atoms with van der Waals surface area (Å²) >= 11 is 1.76. The second-order valence-electron chi connectivity index (χ2n) is 11.0. The fraction of sp³-hybridized carbons (Fsp3) is 0.471. The van der Waals surface area contributed by atoms with Gasteiger partial charge in [-0.25, -0.2) is 4.98 Å². The molecule has 3 heterocycles. The van der Waals surface area contributed by atoms with Gasteiger partial charge in [-0.1, -0.05) is 55.4 Å². The van der Waals surface area contributed by atoms with E-state index in [4.69, 9.17) is 0 Å². The van der Waals surface area contributed by atoms with Crippen molar-refractivity contribution in [1.82, 2.24) is 15.0 Å². The average Bonchev–Trinajstić information content (AvgIpc) is 3.29. The number of rotatable bonds is 10. The molecule has 0 unspecified atom stereocenters. The monoisotopic (exact) mass is 751 g/mol. The molecular formula is C34H44IrN3O2S-. The number of thiophene rings is 1. The van der Waals surface area contributed by atoms with Crippen LogP contribution >= 0.6 is 11.3 Å². The van der Waals surface area contributed by atoms with E-state index in [-0.39, 0.29) is 43.5 Å². The molecule has 1 N–H and O–H groups in total. The number of hydrogen-bond acceptors (Lipinski definition) is 6. The van der Waals surface area contributed by atoms with Crippen LogP contribution in [0, 0.1) is 37.7 Å². The van der Waals surface area contributed by atoms with Gasteiger partial charge in [0.25, 0.3) is 0 Å². The largest absolute Gasteiger partial charge is 0.512 e. The van der Waals surface area contributed by atoms with Crippen LogP contribution in [-0.2, 0) is 31.3 Å². The van der Waals surface area contributed by atoms with E-state index >= 15 is 0 Å². The Labute approximate surface area is 263 Å². The predicted molar refractivity (Wildman–Crippen MR) is 169 cm³/mol. The van der Waals surface area contributed by atoms with Gasteiger partial charge in [-0.3, -0.25) is 14.8 Å². The van der Waals surface area contributed by atoms with Crippen LogP contribution in [0.25, 0.3) is 31.6 Å². The van der Waals surface area contributed by atoms with E-state index in [0.717, 1.165) is 64.8 Å². The van der Waals surface area contributed by atoms with E-state index in [9.17, 15) is 9.90 Å². The van der Waals surface area contributed by atoms with Crippen LogP contribution in [0.4, 0.5) is 0 Å². The third-order valence-electron chi connectivity index (χ3n) is 7.33. The van der Waals surface area contributed by atoms with Crippen molar-refractivity contribution in [1.29, 1.82) is 0 Å². The minimum absolute atomic E-state index is 0. The topological polar surface area (TPSA) is 76.0 Å². The number of aromatic nitrogens is 3. The molecule has 0 aliphatic rings. The molecule has 1 aromatic carbocycles. The van der Waals surface area contributed by atoms with E-state index in [1.165, 1.54) is 21.7 Å². The summed E-state index contributed by atoms with van der Waals surface area (Å²) in [4.78, 5) is 25.5. The number of aliphatic hydroxyl groups is 1. The number of nitrogens with zero attached hydrogens (tertiary/aromatic N) is 3. The van der Waals surface area contributed by atoms with E-state index in [1.807, 2.05) is 33.9 Å². The maximum Gasteiger partial charge on any atom is 0.162 e. The smallest absolute Gasteiger partial charge is 0.162 e.